The summed E-state index contributed by atoms with van der Waals surface area (Å²) in [6, 6.07) is 13.5. The van der Waals surface area contributed by atoms with Crippen LogP contribution in [0, 0.1) is 0 Å². The Morgan fingerprint density at radius 1 is 1.09 bits per heavy atom. The molecule has 0 saturated heterocycles. The van der Waals surface area contributed by atoms with Crippen molar-refractivity contribution in [2.75, 3.05) is 12.4 Å². The van der Waals surface area contributed by atoms with Crippen molar-refractivity contribution < 1.29 is 31.1 Å². The molecule has 0 atom stereocenters. The third-order valence-electron chi connectivity index (χ3n) is 3.23. The van der Waals surface area contributed by atoms with Crippen LogP contribution in [-0.2, 0) is 11.3 Å². The molecule has 1 aromatic heterocycles. The molecule has 1 N–H and O–H groups in total. The number of anilines is 1. The lowest BCUT2D eigenvalue weighted by atomic mass is 10.2. The van der Waals surface area contributed by atoms with Gasteiger partial charge in [0.1, 0.15) is 12.3 Å². The molecule has 1 aromatic carbocycles. The fraction of sp³-hybridized carbons (Fsp3) is 0.294. The van der Waals surface area contributed by atoms with E-state index in [1.807, 2.05) is 54.9 Å². The highest BCUT2D eigenvalue weighted by Gasteiger charge is 2.07. The highest BCUT2D eigenvalue weighted by molar-refractivity contribution is 5.92. The van der Waals surface area contributed by atoms with Crippen LogP contribution in [0.2, 0.25) is 0 Å². The molecule has 0 unspecified atom stereocenters. The lowest BCUT2D eigenvalue weighted by Crippen LogP contribution is -3.00. The average molecular weight is 365 g/mol. The van der Waals surface area contributed by atoms with Crippen molar-refractivity contribution in [1.82, 2.24) is 0 Å². The van der Waals surface area contributed by atoms with E-state index in [1.54, 1.807) is 7.11 Å². The number of halogens is 1. The predicted octanol–water partition coefficient (Wildman–Crippen LogP) is -0.204. The molecule has 0 fully saturated rings. The van der Waals surface area contributed by atoms with Crippen molar-refractivity contribution in [2.45, 2.75) is 25.8 Å². The Kier molecular flexibility index (Phi) is 8.22. The van der Waals surface area contributed by atoms with Gasteiger partial charge in [0.05, 0.1) is 12.8 Å². The topological polar surface area (TPSA) is 42.2 Å². The summed E-state index contributed by atoms with van der Waals surface area (Å²) in [4.78, 5) is 11.9. The number of nitrogens with one attached hydrogen (secondary N) is 1. The molecule has 0 saturated carbocycles. The summed E-state index contributed by atoms with van der Waals surface area (Å²) in [5, 5.41) is 2.89. The van der Waals surface area contributed by atoms with Crippen molar-refractivity contribution >= 4 is 11.6 Å². The van der Waals surface area contributed by atoms with Crippen molar-refractivity contribution in [3.63, 3.8) is 0 Å². The third kappa shape index (κ3) is 5.85. The number of amides is 1. The number of methoxy groups -OCH3 is 1. The number of carbonyl (C=O) groups is 1. The summed E-state index contributed by atoms with van der Waals surface area (Å²) in [5.74, 6) is 0.711. The number of hydrogen-bond donors (Lipinski definition) is 1. The number of ether oxygens (including phenoxy) is 1. The summed E-state index contributed by atoms with van der Waals surface area (Å²) < 4.78 is 7.33. The minimum Gasteiger partial charge on any atom is -1.00 e. The maximum atomic E-state index is 11.9. The van der Waals surface area contributed by atoms with E-state index in [9.17, 15) is 4.79 Å². The minimum atomic E-state index is 0. The molecule has 0 aliphatic carbocycles. The van der Waals surface area contributed by atoms with Crippen molar-refractivity contribution in [3.05, 3.63) is 54.9 Å². The molecule has 0 radical (unpaired) electrons. The molecule has 2 rings (SSSR count). The molecular weight excluding hydrogens is 344 g/mol. The quantitative estimate of drug-likeness (QED) is 0.545. The van der Waals surface area contributed by atoms with Gasteiger partial charge in [0.15, 0.2) is 12.4 Å². The molecule has 2 aromatic rings. The van der Waals surface area contributed by atoms with Crippen LogP contribution in [0.3, 0.4) is 0 Å². The summed E-state index contributed by atoms with van der Waals surface area (Å²) in [5.41, 5.74) is 0.724. The molecule has 22 heavy (non-hydrogen) atoms. The van der Waals surface area contributed by atoms with Gasteiger partial charge in [-0.15, -0.1) is 0 Å². The summed E-state index contributed by atoms with van der Waals surface area (Å²) in [7, 11) is 1.60. The first-order valence-electron chi connectivity index (χ1n) is 7.16. The zero-order chi connectivity index (χ0) is 14.9. The van der Waals surface area contributed by atoms with Crippen LogP contribution >= 0.6 is 0 Å². The molecule has 0 aliphatic heterocycles. The molecule has 0 aliphatic rings. The van der Waals surface area contributed by atoms with Crippen LogP contribution in [0.4, 0.5) is 5.69 Å². The average Bonchev–Trinajstić information content (AvgIpc) is 2.53. The number of rotatable bonds is 7. The first-order chi connectivity index (χ1) is 10.3. The summed E-state index contributed by atoms with van der Waals surface area (Å²) in [6.07, 6.45) is 6.44. The van der Waals surface area contributed by atoms with Crippen LogP contribution in [0.25, 0.3) is 0 Å². The monoisotopic (exact) mass is 364 g/mol. The van der Waals surface area contributed by atoms with Crippen LogP contribution in [-0.4, -0.2) is 13.0 Å². The second-order valence-corrected chi connectivity index (χ2v) is 4.82. The molecule has 1 amide bonds. The van der Waals surface area contributed by atoms with Gasteiger partial charge in [-0.1, -0.05) is 18.2 Å². The Hall–Kier alpha value is -1.88. The van der Waals surface area contributed by atoms with Gasteiger partial charge in [-0.2, -0.15) is 0 Å². The second kappa shape index (κ2) is 9.95. The molecule has 0 spiro atoms. The van der Waals surface area contributed by atoms with Gasteiger partial charge >= 0.3 is 0 Å². The van der Waals surface area contributed by atoms with Crippen LogP contribution in [0.15, 0.2) is 54.9 Å². The Bertz CT molecular complexity index is 576. The fourth-order valence-corrected chi connectivity index (χ4v) is 2.12. The van der Waals surface area contributed by atoms with Gasteiger partial charge in [-0.05, 0) is 18.6 Å². The van der Waals surface area contributed by atoms with E-state index >= 15 is 0 Å². The lowest BCUT2D eigenvalue weighted by molar-refractivity contribution is -0.697. The molecule has 5 heteroatoms. The van der Waals surface area contributed by atoms with Gasteiger partial charge in [-0.3, -0.25) is 4.79 Å². The number of hydrogen-bond acceptors (Lipinski definition) is 2. The van der Waals surface area contributed by atoms with Crippen LogP contribution in [0.5, 0.6) is 5.75 Å². The van der Waals surface area contributed by atoms with Gasteiger partial charge in [-0.25, -0.2) is 4.57 Å². The first-order valence-corrected chi connectivity index (χ1v) is 7.16. The highest BCUT2D eigenvalue weighted by atomic mass is 79.9. The number of carbonyl (C=O) groups excluding carboxylic acids is 1. The maximum absolute atomic E-state index is 11.9. The van der Waals surface area contributed by atoms with E-state index in [2.05, 4.69) is 9.88 Å². The molecule has 1 heterocycles. The van der Waals surface area contributed by atoms with E-state index in [-0.39, 0.29) is 22.9 Å². The van der Waals surface area contributed by atoms with E-state index in [1.165, 1.54) is 0 Å². The van der Waals surface area contributed by atoms with Gasteiger partial charge in [0, 0.05) is 25.0 Å². The number of para-hydroxylation sites is 2. The standard InChI is InChI=1S/C17H20N2O2.BrH/c1-21-16-10-4-3-9-15(16)18-17(20)11-5-8-14-19-12-6-2-7-13-19;/h2-4,6-7,9-10,12-13H,5,8,11,14H2,1H3;1H. The van der Waals surface area contributed by atoms with E-state index in [0.717, 1.165) is 25.1 Å². The number of benzene rings is 1. The van der Waals surface area contributed by atoms with Crippen LogP contribution < -0.4 is 31.6 Å². The molecule has 4 nitrogen and oxygen atoms in total. The lowest BCUT2D eigenvalue weighted by Gasteiger charge is -2.09. The Morgan fingerprint density at radius 3 is 2.55 bits per heavy atom. The van der Waals surface area contributed by atoms with Crippen LogP contribution in [0.1, 0.15) is 19.3 Å². The zero-order valence-corrected chi connectivity index (χ0v) is 14.3. The molecule has 118 valence electrons. The van der Waals surface area contributed by atoms with E-state index in [0.29, 0.717) is 12.2 Å². The highest BCUT2D eigenvalue weighted by Crippen LogP contribution is 2.23. The van der Waals surface area contributed by atoms with Gasteiger partial charge in [0.2, 0.25) is 5.91 Å². The maximum Gasteiger partial charge on any atom is 0.224 e. The number of unbranched alkanes of at least 4 members (excludes halogenated alkanes) is 1. The minimum absolute atomic E-state index is 0. The first kappa shape index (κ1) is 18.2. The number of pyridine rings is 1. The predicted molar refractivity (Wildman–Crippen MR) is 82.1 cm³/mol. The van der Waals surface area contributed by atoms with E-state index in [4.69, 9.17) is 4.74 Å². The Labute approximate surface area is 141 Å². The normalized spacial score (nSPS) is 9.68. The van der Waals surface area contributed by atoms with Crippen molar-refractivity contribution in [1.29, 1.82) is 0 Å². The van der Waals surface area contributed by atoms with Gasteiger partial charge in [0.25, 0.3) is 0 Å². The summed E-state index contributed by atoms with van der Waals surface area (Å²) in [6.45, 7) is 0.933. The number of nitrogens with zero attached hydrogens (tertiary/aromatic N) is 1. The SMILES string of the molecule is COc1ccccc1NC(=O)CCCC[n+]1ccccc1.[Br-]. The molecule has 0 bridgehead atoms. The second-order valence-electron chi connectivity index (χ2n) is 4.82. The largest absolute Gasteiger partial charge is 1.00 e. The number of aromatic nitrogens is 1. The third-order valence-corrected chi connectivity index (χ3v) is 3.23. The smallest absolute Gasteiger partial charge is 0.224 e. The van der Waals surface area contributed by atoms with Gasteiger partial charge < -0.3 is 27.0 Å². The zero-order valence-electron chi connectivity index (χ0n) is 12.7. The Balaban J connectivity index is 0.00000242. The van der Waals surface area contributed by atoms with Crippen molar-refractivity contribution in [3.8, 4) is 5.75 Å². The molecular formula is C17H21BrN2O2. The summed E-state index contributed by atoms with van der Waals surface area (Å²) >= 11 is 0. The number of aryl methyl sites for hydroxylation is 1. The fourth-order valence-electron chi connectivity index (χ4n) is 2.12. The van der Waals surface area contributed by atoms with E-state index < -0.39 is 0 Å². The Morgan fingerprint density at radius 2 is 1.82 bits per heavy atom. The van der Waals surface area contributed by atoms with Crippen molar-refractivity contribution in [2.24, 2.45) is 0 Å².